The van der Waals surface area contributed by atoms with Gasteiger partial charge >= 0.3 is 0 Å². The van der Waals surface area contributed by atoms with Crippen LogP contribution in [0, 0.1) is 0 Å². The van der Waals surface area contributed by atoms with Crippen molar-refractivity contribution in [2.75, 3.05) is 0 Å². The molecule has 0 atom stereocenters. The maximum atomic E-state index is 7.66. The maximum Gasteiger partial charge on any atom is 0.214 e. The van der Waals surface area contributed by atoms with Gasteiger partial charge in [-0.2, -0.15) is 0 Å². The number of nitrogens with zero attached hydrogens (tertiary/aromatic N) is 1. The normalized spacial score (nSPS) is 26.6. The van der Waals surface area contributed by atoms with Crippen LogP contribution in [0.3, 0.4) is 0 Å². The molecule has 0 aliphatic rings. The van der Waals surface area contributed by atoms with Crippen molar-refractivity contribution in [3.63, 3.8) is 0 Å². The molecule has 11 heavy (non-hydrogen) atoms. The van der Waals surface area contributed by atoms with Gasteiger partial charge in [-0.05, 0) is 19.7 Å². The molecule has 0 amide bonds. The summed E-state index contributed by atoms with van der Waals surface area (Å²) >= 11 is 2.83. The SMILES string of the molecule is [2H]c1nc(OC([2H])(C([2H])([2H])[2H])C([2H])([2H])[2H])c([2H])c(Br)c1[2H]. The summed E-state index contributed by atoms with van der Waals surface area (Å²) in [5.74, 6) is -0.815. The molecule has 0 fully saturated rings. The van der Waals surface area contributed by atoms with Crippen LogP contribution >= 0.6 is 15.9 Å². The van der Waals surface area contributed by atoms with Crippen LogP contribution in [0.4, 0.5) is 0 Å². The van der Waals surface area contributed by atoms with Gasteiger partial charge < -0.3 is 4.74 Å². The fraction of sp³-hybridized carbons (Fsp3) is 0.375. The summed E-state index contributed by atoms with van der Waals surface area (Å²) in [5.41, 5.74) is 0. The van der Waals surface area contributed by atoms with Gasteiger partial charge in [-0.25, -0.2) is 4.98 Å². The molecule has 1 aromatic heterocycles. The third kappa shape index (κ3) is 2.89. The van der Waals surface area contributed by atoms with E-state index in [0.717, 1.165) is 0 Å². The molecule has 0 aromatic carbocycles. The van der Waals surface area contributed by atoms with Gasteiger partial charge in [-0.15, -0.1) is 0 Å². The number of hydrogen-bond donors (Lipinski definition) is 0. The van der Waals surface area contributed by atoms with E-state index in [1.165, 1.54) is 0 Å². The quantitative estimate of drug-likeness (QED) is 0.773. The van der Waals surface area contributed by atoms with E-state index in [9.17, 15) is 0 Å². The Morgan fingerprint density at radius 3 is 3.45 bits per heavy atom. The molecule has 2 nitrogen and oxygen atoms in total. The Labute approximate surface area is 88.8 Å². The van der Waals surface area contributed by atoms with E-state index in [1.807, 2.05) is 0 Å². The number of halogens is 1. The average molecular weight is 226 g/mol. The Kier molecular flexibility index (Phi) is 0.751. The Morgan fingerprint density at radius 1 is 1.91 bits per heavy atom. The van der Waals surface area contributed by atoms with Gasteiger partial charge in [-0.1, -0.05) is 15.9 Å². The molecule has 60 valence electrons. The minimum atomic E-state index is -3.35. The average Bonchev–Trinajstić information content (AvgIpc) is 2.30. The summed E-state index contributed by atoms with van der Waals surface area (Å²) in [6.07, 6.45) is -4.00. The highest BCUT2D eigenvalue weighted by Crippen LogP contribution is 2.15. The molecular weight excluding hydrogens is 206 g/mol. The monoisotopic (exact) mass is 225 g/mol. The lowest BCUT2D eigenvalue weighted by Crippen LogP contribution is -2.06. The second-order valence-electron chi connectivity index (χ2n) is 1.52. The van der Waals surface area contributed by atoms with Crippen LogP contribution in [0.5, 0.6) is 5.88 Å². The van der Waals surface area contributed by atoms with Crippen LogP contribution in [0.2, 0.25) is 0 Å². The minimum Gasteiger partial charge on any atom is -0.475 e. The zero-order chi connectivity index (χ0) is 16.8. The van der Waals surface area contributed by atoms with Crippen LogP contribution < -0.4 is 4.74 Å². The predicted molar refractivity (Wildman–Crippen MR) is 47.7 cm³/mol. The standard InChI is InChI=1S/C8H10BrNO/c1-6(2)11-8-5-7(9)3-4-10-8/h3-6H,1-2H3/i1D3,2D3,3D,4D,5D,6D. The first-order chi connectivity index (χ1) is 9.22. The van der Waals surface area contributed by atoms with Crippen molar-refractivity contribution in [3.05, 3.63) is 22.7 Å². The second-order valence-corrected chi connectivity index (χ2v) is 2.32. The van der Waals surface area contributed by atoms with Crippen molar-refractivity contribution in [2.45, 2.75) is 19.8 Å². The molecule has 0 aliphatic carbocycles. The Hall–Kier alpha value is -0.570. The molecule has 0 radical (unpaired) electrons. The number of ether oxygens (including phenoxy) is 1. The van der Waals surface area contributed by atoms with E-state index in [-0.39, 0.29) is 4.47 Å². The molecule has 0 N–H and O–H groups in total. The molecule has 0 unspecified atom stereocenters. The Morgan fingerprint density at radius 2 is 2.73 bits per heavy atom. The molecule has 0 saturated heterocycles. The first-order valence-corrected chi connectivity index (χ1v) is 3.34. The Balaban J connectivity index is 3.43. The largest absolute Gasteiger partial charge is 0.475 e. The topological polar surface area (TPSA) is 22.1 Å². The highest BCUT2D eigenvalue weighted by Gasteiger charge is 1.97. The van der Waals surface area contributed by atoms with Crippen molar-refractivity contribution in [3.8, 4) is 5.88 Å². The molecule has 0 bridgehead atoms. The van der Waals surface area contributed by atoms with Gasteiger partial charge in [0.05, 0.1) is 11.6 Å². The molecule has 3 heteroatoms. The van der Waals surface area contributed by atoms with E-state index < -0.39 is 43.9 Å². The van der Waals surface area contributed by atoms with Crippen LogP contribution in [0.1, 0.15) is 27.4 Å². The van der Waals surface area contributed by atoms with Crippen LogP contribution in [0.25, 0.3) is 0 Å². The van der Waals surface area contributed by atoms with Crippen LogP contribution in [0.15, 0.2) is 22.7 Å². The zero-order valence-corrected chi connectivity index (χ0v) is 6.82. The van der Waals surface area contributed by atoms with Crippen molar-refractivity contribution in [1.82, 2.24) is 4.98 Å². The predicted octanol–water partition coefficient (Wildman–Crippen LogP) is 2.63. The van der Waals surface area contributed by atoms with Gasteiger partial charge in [0.15, 0.2) is 0 Å². The van der Waals surface area contributed by atoms with E-state index >= 15 is 0 Å². The molecular formula is C8H10BrNO. The van der Waals surface area contributed by atoms with E-state index in [2.05, 4.69) is 25.7 Å². The summed E-state index contributed by atoms with van der Waals surface area (Å²) in [4.78, 5) is 3.36. The van der Waals surface area contributed by atoms with Crippen molar-refractivity contribution >= 4 is 15.9 Å². The third-order valence-corrected chi connectivity index (χ3v) is 1.14. The van der Waals surface area contributed by atoms with Gasteiger partial charge in [0, 0.05) is 24.9 Å². The van der Waals surface area contributed by atoms with E-state index in [0.29, 0.717) is 0 Å². The summed E-state index contributed by atoms with van der Waals surface area (Å²) in [6.45, 7) is -6.69. The number of hydrogen-bond acceptors (Lipinski definition) is 2. The molecule has 0 aliphatic heterocycles. The summed E-state index contributed by atoms with van der Waals surface area (Å²) in [5, 5.41) is 0. The first-order valence-electron chi connectivity index (χ1n) is 7.54. The second kappa shape index (κ2) is 3.72. The third-order valence-electron chi connectivity index (χ3n) is 0.739. The van der Waals surface area contributed by atoms with Gasteiger partial charge in [0.2, 0.25) is 5.88 Å². The van der Waals surface area contributed by atoms with Gasteiger partial charge in [-0.3, -0.25) is 0 Å². The number of pyridine rings is 1. The lowest BCUT2D eigenvalue weighted by molar-refractivity contribution is 0.232. The van der Waals surface area contributed by atoms with Crippen molar-refractivity contribution in [2.24, 2.45) is 0 Å². The summed E-state index contributed by atoms with van der Waals surface area (Å²) in [6, 6.07) is -1.05. The number of aromatic nitrogens is 1. The van der Waals surface area contributed by atoms with Crippen molar-refractivity contribution in [1.29, 1.82) is 0 Å². The summed E-state index contributed by atoms with van der Waals surface area (Å²) < 4.78 is 77.7. The van der Waals surface area contributed by atoms with Crippen LogP contribution in [-0.4, -0.2) is 11.1 Å². The first kappa shape index (κ1) is 2.22. The molecule has 0 saturated carbocycles. The summed E-state index contributed by atoms with van der Waals surface area (Å²) in [7, 11) is 0. The van der Waals surface area contributed by atoms with Crippen LogP contribution in [-0.2, 0) is 0 Å². The zero-order valence-electron chi connectivity index (χ0n) is 15.2. The highest BCUT2D eigenvalue weighted by molar-refractivity contribution is 9.10. The smallest absolute Gasteiger partial charge is 0.214 e. The fourth-order valence-corrected chi connectivity index (χ4v) is 0.684. The lowest BCUT2D eigenvalue weighted by atomic mass is 10.4. The number of rotatable bonds is 2. The van der Waals surface area contributed by atoms with Gasteiger partial charge in [0.25, 0.3) is 0 Å². The van der Waals surface area contributed by atoms with Gasteiger partial charge in [0.1, 0.15) is 0 Å². The fourth-order valence-electron chi connectivity index (χ4n) is 0.426. The minimum absolute atomic E-state index is 0.212. The van der Waals surface area contributed by atoms with E-state index in [1.54, 1.807) is 0 Å². The maximum absolute atomic E-state index is 7.66. The highest BCUT2D eigenvalue weighted by atomic mass is 79.9. The van der Waals surface area contributed by atoms with E-state index in [4.69, 9.17) is 13.7 Å². The molecule has 1 aromatic rings. The Bertz CT molecular complexity index is 539. The molecule has 1 rings (SSSR count). The van der Waals surface area contributed by atoms with Crippen molar-refractivity contribution < 1.29 is 18.4 Å². The molecule has 0 spiro atoms. The molecule has 1 heterocycles. The lowest BCUT2D eigenvalue weighted by Gasteiger charge is -2.07.